The molecule has 2 N–H and O–H groups in total. The van der Waals surface area contributed by atoms with Crippen LogP contribution in [0.15, 0.2) is 67.1 Å². The fraction of sp³-hybridized carbons (Fsp3) is 0.136. The largest absolute Gasteiger partial charge is 0.358 e. The molecule has 5 rings (SSSR count). The van der Waals surface area contributed by atoms with Gasteiger partial charge in [-0.25, -0.2) is 0 Å². The topological polar surface area (TPSA) is 75.6 Å². The normalized spacial score (nSPS) is 13.2. The number of hydrogen-bond acceptors (Lipinski definition) is 3. The van der Waals surface area contributed by atoms with E-state index in [9.17, 15) is 4.79 Å². The number of rotatable bonds is 4. The lowest BCUT2D eigenvalue weighted by molar-refractivity contribution is 0.0946. The van der Waals surface area contributed by atoms with Gasteiger partial charge in [-0.15, -0.1) is 0 Å². The third-order valence-corrected chi connectivity index (χ3v) is 4.99. The number of amides is 1. The van der Waals surface area contributed by atoms with Gasteiger partial charge >= 0.3 is 0 Å². The van der Waals surface area contributed by atoms with Crippen LogP contribution in [0.2, 0.25) is 0 Å². The molecule has 0 unspecified atom stereocenters. The predicted octanol–water partition coefficient (Wildman–Crippen LogP) is 3.27. The molecule has 3 aromatic heterocycles. The number of hydrogen-bond donors (Lipinski definition) is 2. The van der Waals surface area contributed by atoms with Crippen molar-refractivity contribution in [1.82, 2.24) is 25.1 Å². The lowest BCUT2D eigenvalue weighted by atomic mass is 10.1. The Balaban J connectivity index is 1.43. The molecule has 138 valence electrons. The summed E-state index contributed by atoms with van der Waals surface area (Å²) >= 11 is 0. The van der Waals surface area contributed by atoms with Gasteiger partial charge in [-0.2, -0.15) is 5.10 Å². The maximum Gasteiger partial charge on any atom is 0.253 e. The molecule has 6 heteroatoms. The van der Waals surface area contributed by atoms with E-state index in [1.807, 2.05) is 53.5 Å². The molecule has 4 aromatic rings. The van der Waals surface area contributed by atoms with Crippen molar-refractivity contribution in [3.05, 3.63) is 83.9 Å². The van der Waals surface area contributed by atoms with Crippen LogP contribution in [-0.2, 0) is 13.0 Å². The van der Waals surface area contributed by atoms with Crippen molar-refractivity contribution in [3.8, 4) is 22.5 Å². The molecule has 1 aliphatic rings. The van der Waals surface area contributed by atoms with Gasteiger partial charge in [-0.3, -0.25) is 14.5 Å². The third-order valence-electron chi connectivity index (χ3n) is 4.99. The number of carbonyl (C=O) groups is 1. The molecule has 0 saturated heterocycles. The summed E-state index contributed by atoms with van der Waals surface area (Å²) < 4.78 is 1.91. The summed E-state index contributed by atoms with van der Waals surface area (Å²) in [6.45, 7) is 1.40. The number of H-pyrrole nitrogens is 1. The van der Waals surface area contributed by atoms with Crippen LogP contribution in [0, 0.1) is 0 Å². The van der Waals surface area contributed by atoms with E-state index in [-0.39, 0.29) is 5.91 Å². The van der Waals surface area contributed by atoms with Crippen molar-refractivity contribution in [3.63, 3.8) is 0 Å². The fourth-order valence-corrected chi connectivity index (χ4v) is 3.56. The molecule has 0 atom stereocenters. The van der Waals surface area contributed by atoms with Crippen molar-refractivity contribution in [2.24, 2.45) is 0 Å². The Labute approximate surface area is 162 Å². The summed E-state index contributed by atoms with van der Waals surface area (Å²) in [5.41, 5.74) is 6.68. The molecule has 0 saturated carbocycles. The van der Waals surface area contributed by atoms with Crippen LogP contribution in [0.1, 0.15) is 21.6 Å². The van der Waals surface area contributed by atoms with Crippen LogP contribution in [0.25, 0.3) is 22.5 Å². The van der Waals surface area contributed by atoms with Gasteiger partial charge in [0.2, 0.25) is 0 Å². The van der Waals surface area contributed by atoms with Gasteiger partial charge in [0, 0.05) is 47.9 Å². The highest BCUT2D eigenvalue weighted by molar-refractivity contribution is 5.97. The molecule has 6 nitrogen and oxygen atoms in total. The van der Waals surface area contributed by atoms with Crippen LogP contribution >= 0.6 is 0 Å². The maximum atomic E-state index is 12.0. The Bertz CT molecular complexity index is 1140. The number of aromatic amines is 1. The fourth-order valence-electron chi connectivity index (χ4n) is 3.56. The number of benzene rings is 1. The first-order valence-electron chi connectivity index (χ1n) is 9.29. The quantitative estimate of drug-likeness (QED) is 0.580. The number of nitrogens with zero attached hydrogens (tertiary/aromatic N) is 3. The van der Waals surface area contributed by atoms with Gasteiger partial charge in [0.15, 0.2) is 0 Å². The number of pyridine rings is 1. The SMILES string of the molecule is O=C1NCCc2[nH]c(-c3ccnc(-c4cnn(Cc5ccccc5)c4)c3)cc21. The average Bonchev–Trinajstić information content (AvgIpc) is 3.37. The van der Waals surface area contributed by atoms with Gasteiger partial charge < -0.3 is 10.3 Å². The van der Waals surface area contributed by atoms with Gasteiger partial charge in [0.1, 0.15) is 0 Å². The first-order valence-corrected chi connectivity index (χ1v) is 9.29. The number of nitrogens with one attached hydrogen (secondary N) is 2. The highest BCUT2D eigenvalue weighted by atomic mass is 16.1. The van der Waals surface area contributed by atoms with Crippen LogP contribution in [-0.4, -0.2) is 32.2 Å². The monoisotopic (exact) mass is 369 g/mol. The molecule has 0 fully saturated rings. The van der Waals surface area contributed by atoms with Gasteiger partial charge in [0.05, 0.1) is 24.0 Å². The number of carbonyl (C=O) groups excluding carboxylic acids is 1. The Hall–Kier alpha value is -3.67. The van der Waals surface area contributed by atoms with Gasteiger partial charge in [-0.1, -0.05) is 30.3 Å². The van der Waals surface area contributed by atoms with E-state index >= 15 is 0 Å². The first-order chi connectivity index (χ1) is 13.8. The summed E-state index contributed by atoms with van der Waals surface area (Å²) in [7, 11) is 0. The molecule has 1 aromatic carbocycles. The van der Waals surface area contributed by atoms with Crippen molar-refractivity contribution in [1.29, 1.82) is 0 Å². The van der Waals surface area contributed by atoms with Crippen LogP contribution in [0.3, 0.4) is 0 Å². The van der Waals surface area contributed by atoms with Crippen LogP contribution < -0.4 is 5.32 Å². The highest BCUT2D eigenvalue weighted by Gasteiger charge is 2.20. The molecule has 28 heavy (non-hydrogen) atoms. The van der Waals surface area contributed by atoms with Crippen molar-refractivity contribution in [2.45, 2.75) is 13.0 Å². The Kier molecular flexibility index (Phi) is 4.01. The van der Waals surface area contributed by atoms with E-state index < -0.39 is 0 Å². The van der Waals surface area contributed by atoms with E-state index in [0.29, 0.717) is 6.54 Å². The van der Waals surface area contributed by atoms with E-state index in [2.05, 4.69) is 32.5 Å². The maximum absolute atomic E-state index is 12.0. The molecule has 0 bridgehead atoms. The molecule has 0 spiro atoms. The number of fused-ring (bicyclic) bond motifs is 1. The molecule has 1 aliphatic heterocycles. The summed E-state index contributed by atoms with van der Waals surface area (Å²) in [5, 5.41) is 7.35. The van der Waals surface area contributed by atoms with Crippen LogP contribution in [0.5, 0.6) is 0 Å². The summed E-state index contributed by atoms with van der Waals surface area (Å²) in [4.78, 5) is 19.9. The van der Waals surface area contributed by atoms with E-state index in [4.69, 9.17) is 0 Å². The van der Waals surface area contributed by atoms with Crippen molar-refractivity contribution < 1.29 is 4.79 Å². The lowest BCUT2D eigenvalue weighted by Gasteiger charge is -2.10. The number of aromatic nitrogens is 4. The zero-order valence-corrected chi connectivity index (χ0v) is 15.2. The second-order valence-electron chi connectivity index (χ2n) is 6.92. The minimum absolute atomic E-state index is 0.0137. The highest BCUT2D eigenvalue weighted by Crippen LogP contribution is 2.27. The summed E-state index contributed by atoms with van der Waals surface area (Å²) in [6.07, 6.45) is 6.46. The second kappa shape index (κ2) is 6.81. The summed E-state index contributed by atoms with van der Waals surface area (Å²) in [5.74, 6) is -0.0137. The molecule has 1 amide bonds. The molecular formula is C22H19N5O. The third kappa shape index (κ3) is 3.09. The van der Waals surface area contributed by atoms with Gasteiger partial charge in [0.25, 0.3) is 5.91 Å². The van der Waals surface area contributed by atoms with Gasteiger partial charge in [-0.05, 0) is 23.8 Å². The zero-order chi connectivity index (χ0) is 18.9. The molecular weight excluding hydrogens is 350 g/mol. The van der Waals surface area contributed by atoms with E-state index in [1.165, 1.54) is 5.56 Å². The standard InChI is InChI=1S/C22H19N5O/c28-22-18-11-21(26-19(18)7-9-24-22)16-6-8-23-20(10-16)17-12-25-27(14-17)13-15-4-2-1-3-5-15/h1-6,8,10-12,14,26H,7,9,13H2,(H,24,28). The van der Waals surface area contributed by atoms with Crippen molar-refractivity contribution >= 4 is 5.91 Å². The summed E-state index contributed by atoms with van der Waals surface area (Å²) in [6, 6.07) is 16.1. The second-order valence-corrected chi connectivity index (χ2v) is 6.92. The minimum atomic E-state index is -0.0137. The molecule has 0 radical (unpaired) electrons. The first kappa shape index (κ1) is 16.5. The Morgan fingerprint density at radius 2 is 1.96 bits per heavy atom. The Morgan fingerprint density at radius 3 is 2.82 bits per heavy atom. The van der Waals surface area contributed by atoms with E-state index in [0.717, 1.165) is 46.7 Å². The smallest absolute Gasteiger partial charge is 0.253 e. The Morgan fingerprint density at radius 1 is 1.07 bits per heavy atom. The molecule has 4 heterocycles. The van der Waals surface area contributed by atoms with E-state index in [1.54, 1.807) is 6.20 Å². The minimum Gasteiger partial charge on any atom is -0.358 e. The average molecular weight is 369 g/mol. The molecule has 0 aliphatic carbocycles. The van der Waals surface area contributed by atoms with Crippen LogP contribution in [0.4, 0.5) is 0 Å². The lowest BCUT2D eigenvalue weighted by Crippen LogP contribution is -2.31. The zero-order valence-electron chi connectivity index (χ0n) is 15.2. The predicted molar refractivity (Wildman–Crippen MR) is 107 cm³/mol. The van der Waals surface area contributed by atoms with Crippen molar-refractivity contribution in [2.75, 3.05) is 6.54 Å².